The minimum Gasteiger partial charge on any atom is -0.347 e. The number of aryl methyl sites for hydroxylation is 1. The minimum atomic E-state index is -0.537. The van der Waals surface area contributed by atoms with Gasteiger partial charge in [-0.3, -0.25) is 14.6 Å². The average Bonchev–Trinajstić information content (AvgIpc) is 3.15. The number of carbonyl (C=O) groups excluding carboxylic acids is 1. The zero-order valence-corrected chi connectivity index (χ0v) is 18.3. The predicted octanol–water partition coefficient (Wildman–Crippen LogP) is 3.26. The summed E-state index contributed by atoms with van der Waals surface area (Å²) in [4.78, 5) is 30.6. The van der Waals surface area contributed by atoms with Gasteiger partial charge in [0.1, 0.15) is 5.69 Å². The van der Waals surface area contributed by atoms with Crippen molar-refractivity contribution in [1.82, 2.24) is 14.6 Å². The fourth-order valence-corrected chi connectivity index (χ4v) is 4.76. The van der Waals surface area contributed by atoms with Crippen LogP contribution in [0.3, 0.4) is 0 Å². The number of hydrogen-bond acceptors (Lipinski definition) is 4. The van der Waals surface area contributed by atoms with Crippen LogP contribution < -0.4 is 15.1 Å². The number of aromatic nitrogens is 4. The summed E-state index contributed by atoms with van der Waals surface area (Å²) in [6.45, 7) is 3.71. The lowest BCUT2D eigenvalue weighted by molar-refractivity contribution is -0.763. The molecule has 3 heterocycles. The van der Waals surface area contributed by atoms with Crippen molar-refractivity contribution in [3.8, 4) is 11.3 Å². The van der Waals surface area contributed by atoms with E-state index in [2.05, 4.69) is 11.9 Å². The third kappa shape index (κ3) is 3.56. The monoisotopic (exact) mass is 424 g/mol. The molecular formula is C22H26N5O2S+. The molecule has 0 fully saturated rings. The van der Waals surface area contributed by atoms with Crippen LogP contribution in [0.2, 0.25) is 0 Å². The second-order valence-corrected chi connectivity index (χ2v) is 8.52. The highest BCUT2D eigenvalue weighted by atomic mass is 32.2. The molecule has 1 atom stereocenters. The van der Waals surface area contributed by atoms with Crippen LogP contribution in [0.5, 0.6) is 0 Å². The molecule has 30 heavy (non-hydrogen) atoms. The molecule has 0 radical (unpaired) electrons. The summed E-state index contributed by atoms with van der Waals surface area (Å²) in [6.07, 6.45) is 4.75. The highest BCUT2D eigenvalue weighted by Gasteiger charge is 2.45. The third-order valence-electron chi connectivity index (χ3n) is 5.33. The van der Waals surface area contributed by atoms with Crippen molar-refractivity contribution < 1.29 is 9.48 Å². The number of nitrogens with one attached hydrogen (secondary N) is 1. The van der Waals surface area contributed by atoms with Crippen molar-refractivity contribution in [2.45, 2.75) is 44.4 Å². The lowest BCUT2D eigenvalue weighted by atomic mass is 10.0. The largest absolute Gasteiger partial charge is 0.347 e. The Balaban J connectivity index is 1.91. The van der Waals surface area contributed by atoms with Crippen LogP contribution in [0.15, 0.2) is 52.5 Å². The van der Waals surface area contributed by atoms with Gasteiger partial charge in [0.2, 0.25) is 11.1 Å². The predicted molar refractivity (Wildman–Crippen MR) is 117 cm³/mol. The molecule has 0 saturated carbocycles. The Morgan fingerprint density at radius 1 is 1.23 bits per heavy atom. The molecule has 0 bridgehead atoms. The number of amides is 1. The van der Waals surface area contributed by atoms with E-state index in [0.717, 1.165) is 30.7 Å². The summed E-state index contributed by atoms with van der Waals surface area (Å²) in [7, 11) is 1.93. The van der Waals surface area contributed by atoms with Gasteiger partial charge < -0.3 is 4.57 Å². The molecule has 1 N–H and O–H groups in total. The van der Waals surface area contributed by atoms with Crippen molar-refractivity contribution >= 4 is 23.4 Å². The summed E-state index contributed by atoms with van der Waals surface area (Å²) in [5.41, 5.74) is 2.57. The number of nitrogens with zero attached hydrogens (tertiary/aromatic N) is 4. The molecule has 1 aliphatic heterocycles. The van der Waals surface area contributed by atoms with Gasteiger partial charge in [-0.2, -0.15) is 0 Å². The number of fused-ring (bicyclic) bond motifs is 3. The molecule has 3 aromatic rings. The maximum Gasteiger partial charge on any atom is 0.325 e. The number of para-hydroxylation sites is 1. The van der Waals surface area contributed by atoms with Crippen LogP contribution in [0.25, 0.3) is 11.3 Å². The number of carbonyl (C=O) groups is 1. The second-order valence-electron chi connectivity index (χ2n) is 7.43. The fraction of sp³-hybridized carbons (Fsp3) is 0.364. The zero-order chi connectivity index (χ0) is 21.3. The molecule has 0 saturated heterocycles. The molecule has 0 aliphatic carbocycles. The van der Waals surface area contributed by atoms with Crippen LogP contribution in [0.1, 0.15) is 45.0 Å². The summed E-state index contributed by atoms with van der Waals surface area (Å²) in [5, 5.41) is 5.37. The van der Waals surface area contributed by atoms with Gasteiger partial charge in [-0.1, -0.05) is 43.7 Å². The molecule has 1 amide bonds. The molecule has 0 unspecified atom stereocenters. The van der Waals surface area contributed by atoms with Gasteiger partial charge in [0.15, 0.2) is 0 Å². The van der Waals surface area contributed by atoms with E-state index in [1.54, 1.807) is 28.3 Å². The number of rotatable bonds is 6. The van der Waals surface area contributed by atoms with Crippen molar-refractivity contribution in [2.75, 3.05) is 10.7 Å². The standard InChI is InChI=1S/C22H25N5O2S/c1-4-5-8-14-30-22-23-20(29)19-16-10-6-7-11-17(16)26(15(2)28)21(27(19)24-22)18-12-9-13-25(18)3/h6-7,9-13,21H,4-5,8,14H2,1-3H3/p+1/t21-/m0/s1. The first-order valence-electron chi connectivity index (χ1n) is 10.2. The third-order valence-corrected chi connectivity index (χ3v) is 6.28. The van der Waals surface area contributed by atoms with Gasteiger partial charge in [-0.25, -0.2) is 4.90 Å². The van der Waals surface area contributed by atoms with Crippen LogP contribution in [0.4, 0.5) is 5.69 Å². The second kappa shape index (κ2) is 8.47. The number of H-pyrrole nitrogens is 1. The molecule has 156 valence electrons. The van der Waals surface area contributed by atoms with Gasteiger partial charge in [-0.15, -0.1) is 0 Å². The fourth-order valence-electron chi connectivity index (χ4n) is 3.91. The van der Waals surface area contributed by atoms with Crippen LogP contribution in [-0.4, -0.2) is 26.3 Å². The number of anilines is 1. The molecule has 1 aliphatic rings. The van der Waals surface area contributed by atoms with Crippen molar-refractivity contribution in [3.63, 3.8) is 0 Å². The molecule has 1 aromatic carbocycles. The number of hydrogen-bond donors (Lipinski definition) is 1. The average molecular weight is 425 g/mol. The van der Waals surface area contributed by atoms with E-state index >= 15 is 0 Å². The molecule has 8 heteroatoms. The number of aromatic amines is 1. The van der Waals surface area contributed by atoms with Crippen LogP contribution in [-0.2, 0) is 11.8 Å². The first-order valence-corrected chi connectivity index (χ1v) is 11.2. The van der Waals surface area contributed by atoms with Crippen LogP contribution >= 0.6 is 11.8 Å². The van der Waals surface area contributed by atoms with E-state index < -0.39 is 6.17 Å². The van der Waals surface area contributed by atoms with E-state index in [0.29, 0.717) is 22.1 Å². The van der Waals surface area contributed by atoms with Crippen molar-refractivity contribution in [1.29, 1.82) is 0 Å². The molecular weight excluding hydrogens is 398 g/mol. The Hall–Kier alpha value is -2.87. The molecule has 4 rings (SSSR count). The Kier molecular flexibility index (Phi) is 5.76. The van der Waals surface area contributed by atoms with E-state index in [-0.39, 0.29) is 11.5 Å². The first-order chi connectivity index (χ1) is 14.5. The lowest BCUT2D eigenvalue weighted by Crippen LogP contribution is -2.61. The summed E-state index contributed by atoms with van der Waals surface area (Å²) >= 11 is 1.54. The Morgan fingerprint density at radius 2 is 2.03 bits per heavy atom. The van der Waals surface area contributed by atoms with Gasteiger partial charge in [0.25, 0.3) is 0 Å². The van der Waals surface area contributed by atoms with Gasteiger partial charge in [0.05, 0.1) is 11.3 Å². The molecule has 2 aromatic heterocycles. The summed E-state index contributed by atoms with van der Waals surface area (Å²) < 4.78 is 3.67. The Bertz CT molecular complexity index is 1140. The van der Waals surface area contributed by atoms with Gasteiger partial charge in [0, 0.05) is 31.0 Å². The van der Waals surface area contributed by atoms with Gasteiger partial charge in [-0.05, 0) is 35.4 Å². The minimum absolute atomic E-state index is 0.106. The number of benzene rings is 1. The van der Waals surface area contributed by atoms with E-state index in [1.807, 2.05) is 54.2 Å². The number of unbranched alkanes of at least 4 members (excludes halogenated alkanes) is 2. The summed E-state index contributed by atoms with van der Waals surface area (Å²) in [5.74, 6) is 0.781. The normalized spacial score (nSPS) is 15.0. The van der Waals surface area contributed by atoms with Crippen LogP contribution in [0, 0.1) is 0 Å². The SMILES string of the molecule is CCCCCSc1n[n+]2c(c(=O)[nH]1)-c1ccccc1N(C(C)=O)[C@@H]2c1cccn1C. The van der Waals surface area contributed by atoms with E-state index in [1.165, 1.54) is 0 Å². The van der Waals surface area contributed by atoms with Gasteiger partial charge >= 0.3 is 17.4 Å². The summed E-state index contributed by atoms with van der Waals surface area (Å²) in [6, 6.07) is 11.4. The topological polar surface area (TPSA) is 74.9 Å². The van der Waals surface area contributed by atoms with Crippen molar-refractivity contribution in [2.24, 2.45) is 7.05 Å². The Labute approximate surface area is 179 Å². The Morgan fingerprint density at radius 3 is 2.73 bits per heavy atom. The maximum atomic E-state index is 13.2. The quantitative estimate of drug-likeness (QED) is 0.374. The highest BCUT2D eigenvalue weighted by molar-refractivity contribution is 7.99. The van der Waals surface area contributed by atoms with E-state index in [9.17, 15) is 9.59 Å². The van der Waals surface area contributed by atoms with Crippen molar-refractivity contribution in [3.05, 3.63) is 58.6 Å². The molecule has 7 nitrogen and oxygen atoms in total. The zero-order valence-electron chi connectivity index (χ0n) is 17.5. The molecule has 0 spiro atoms. The lowest BCUT2D eigenvalue weighted by Gasteiger charge is -2.31. The number of thioether (sulfide) groups is 1. The van der Waals surface area contributed by atoms with E-state index in [4.69, 9.17) is 5.10 Å². The maximum absolute atomic E-state index is 13.2. The first kappa shape index (κ1) is 20.4. The smallest absolute Gasteiger partial charge is 0.325 e. The highest BCUT2D eigenvalue weighted by Crippen LogP contribution is 2.37.